The van der Waals surface area contributed by atoms with Gasteiger partial charge < -0.3 is 5.11 Å². The molecule has 0 unspecified atom stereocenters. The zero-order valence-electron chi connectivity index (χ0n) is 16.1. The number of hydrogen-bond acceptors (Lipinski definition) is 4. The predicted octanol–water partition coefficient (Wildman–Crippen LogP) is 3.93. The summed E-state index contributed by atoms with van der Waals surface area (Å²) >= 11 is 0. The summed E-state index contributed by atoms with van der Waals surface area (Å²) in [5.74, 6) is -0.593. The maximum Gasteiger partial charge on any atom is 0.264 e. The molecule has 144 valence electrons. The first-order valence-electron chi connectivity index (χ1n) is 9.03. The van der Waals surface area contributed by atoms with Crippen molar-refractivity contribution in [2.45, 2.75) is 45.4 Å². The molecule has 5 nitrogen and oxygen atoms in total. The van der Waals surface area contributed by atoms with Gasteiger partial charge >= 0.3 is 0 Å². The van der Waals surface area contributed by atoms with Crippen LogP contribution in [0.3, 0.4) is 0 Å². The van der Waals surface area contributed by atoms with Gasteiger partial charge in [0.05, 0.1) is 16.1 Å². The van der Waals surface area contributed by atoms with Gasteiger partial charge in [0.1, 0.15) is 5.75 Å². The number of rotatable bonds is 4. The molecule has 1 N–H and O–H groups in total. The zero-order valence-corrected chi connectivity index (χ0v) is 16.9. The van der Waals surface area contributed by atoms with Gasteiger partial charge in [0.2, 0.25) is 0 Å². The third-order valence-electron chi connectivity index (χ3n) is 5.00. The number of sulfonamides is 1. The second kappa shape index (κ2) is 6.68. The molecule has 0 saturated carbocycles. The highest BCUT2D eigenvalue weighted by molar-refractivity contribution is 7.92. The van der Waals surface area contributed by atoms with Crippen molar-refractivity contribution >= 4 is 21.5 Å². The molecule has 2 aromatic rings. The van der Waals surface area contributed by atoms with E-state index >= 15 is 0 Å². The normalized spacial score (nSPS) is 16.1. The van der Waals surface area contributed by atoms with Crippen LogP contribution in [0.25, 0.3) is 0 Å². The molecule has 0 atom stereocenters. The summed E-state index contributed by atoms with van der Waals surface area (Å²) in [4.78, 5) is 11.7. The number of benzene rings is 2. The third-order valence-corrected chi connectivity index (χ3v) is 6.75. The van der Waals surface area contributed by atoms with E-state index in [-0.39, 0.29) is 27.4 Å². The maximum atomic E-state index is 13.4. The molecule has 0 aromatic heterocycles. The van der Waals surface area contributed by atoms with E-state index in [0.29, 0.717) is 12.2 Å². The monoisotopic (exact) mass is 387 g/mol. The van der Waals surface area contributed by atoms with Crippen LogP contribution in [0.5, 0.6) is 5.75 Å². The Kier molecular flexibility index (Phi) is 4.80. The summed E-state index contributed by atoms with van der Waals surface area (Å²) in [7, 11) is -3.87. The van der Waals surface area contributed by atoms with Crippen molar-refractivity contribution < 1.29 is 18.3 Å². The van der Waals surface area contributed by atoms with Crippen LogP contribution in [0.2, 0.25) is 0 Å². The summed E-state index contributed by atoms with van der Waals surface area (Å²) in [5.41, 5.74) is 2.66. The van der Waals surface area contributed by atoms with E-state index in [1.54, 1.807) is 0 Å². The topological polar surface area (TPSA) is 74.7 Å². The molecule has 0 radical (unpaired) electrons. The molecular formula is C21H25NO4S. The van der Waals surface area contributed by atoms with E-state index < -0.39 is 10.0 Å². The molecule has 2 aromatic carbocycles. The zero-order chi connectivity index (χ0) is 20.0. The number of carbonyl (C=O) groups is 1. The van der Waals surface area contributed by atoms with E-state index in [4.69, 9.17) is 0 Å². The van der Waals surface area contributed by atoms with Crippen LogP contribution in [0, 0.1) is 5.41 Å². The lowest BCUT2D eigenvalue weighted by Gasteiger charge is -2.40. The molecule has 0 fully saturated rings. The quantitative estimate of drug-likeness (QED) is 0.807. The molecule has 27 heavy (non-hydrogen) atoms. The van der Waals surface area contributed by atoms with Crippen LogP contribution in [-0.2, 0) is 22.9 Å². The number of ketones is 1. The van der Waals surface area contributed by atoms with E-state index in [1.165, 1.54) is 35.0 Å². The second-order valence-electron chi connectivity index (χ2n) is 7.90. The van der Waals surface area contributed by atoms with Crippen molar-refractivity contribution in [3.63, 3.8) is 0 Å². The van der Waals surface area contributed by atoms with Crippen LogP contribution in [-0.4, -0.2) is 25.9 Å². The molecule has 0 spiro atoms. The molecule has 1 heterocycles. The highest BCUT2D eigenvalue weighted by atomic mass is 32.2. The number of hydrogen-bond donors (Lipinski definition) is 1. The Labute approximate surface area is 160 Å². The van der Waals surface area contributed by atoms with Crippen LogP contribution in [0.4, 0.5) is 5.69 Å². The number of carbonyl (C=O) groups excluding carboxylic acids is 1. The lowest BCUT2D eigenvalue weighted by atomic mass is 9.81. The molecule has 3 rings (SSSR count). The Morgan fingerprint density at radius 3 is 2.52 bits per heavy atom. The van der Waals surface area contributed by atoms with Crippen LogP contribution in [0.15, 0.2) is 41.3 Å². The molecule has 1 aliphatic rings. The van der Waals surface area contributed by atoms with E-state index in [9.17, 15) is 18.3 Å². The molecule has 0 saturated heterocycles. The van der Waals surface area contributed by atoms with Crippen LogP contribution >= 0.6 is 0 Å². The van der Waals surface area contributed by atoms with Gasteiger partial charge in [0, 0.05) is 6.54 Å². The number of aryl methyl sites for hydroxylation is 1. The largest absolute Gasteiger partial charge is 0.507 e. The average Bonchev–Trinajstić information content (AvgIpc) is 2.59. The number of Topliss-reactive ketones (excluding diaryl/α,β-unsaturated/α-hetero) is 1. The number of fused-ring (bicyclic) bond motifs is 1. The summed E-state index contributed by atoms with van der Waals surface area (Å²) in [5, 5.41) is 9.85. The van der Waals surface area contributed by atoms with Gasteiger partial charge in [-0.2, -0.15) is 0 Å². The van der Waals surface area contributed by atoms with Crippen molar-refractivity contribution in [3.8, 4) is 5.75 Å². The highest BCUT2D eigenvalue weighted by Gasteiger charge is 2.37. The second-order valence-corrected chi connectivity index (χ2v) is 9.77. The summed E-state index contributed by atoms with van der Waals surface area (Å²) < 4.78 is 28.3. The van der Waals surface area contributed by atoms with Gasteiger partial charge in [-0.05, 0) is 60.6 Å². The van der Waals surface area contributed by atoms with Gasteiger partial charge in [-0.15, -0.1) is 0 Å². The molecule has 0 bridgehead atoms. The summed E-state index contributed by atoms with van der Waals surface area (Å²) in [6.07, 6.45) is 1.69. The molecule has 1 aliphatic heterocycles. The van der Waals surface area contributed by atoms with E-state index in [2.05, 4.69) is 26.8 Å². The fraction of sp³-hybridized carbons (Fsp3) is 0.381. The maximum absolute atomic E-state index is 13.4. The number of nitrogens with zero attached hydrogens (tertiary/aromatic N) is 1. The fourth-order valence-corrected chi connectivity index (χ4v) is 5.31. The minimum Gasteiger partial charge on any atom is -0.507 e. The minimum atomic E-state index is -3.87. The van der Waals surface area contributed by atoms with Crippen molar-refractivity contribution in [2.75, 3.05) is 10.8 Å². The van der Waals surface area contributed by atoms with E-state index in [0.717, 1.165) is 18.4 Å². The average molecular weight is 388 g/mol. The van der Waals surface area contributed by atoms with Gasteiger partial charge in [0.25, 0.3) is 10.0 Å². The van der Waals surface area contributed by atoms with Crippen LogP contribution < -0.4 is 4.31 Å². The number of phenolic OH excluding ortho intramolecular Hbond substituents is 1. The SMILES string of the molecule is CCc1ccc2c(c1)CC(C)(C)CN2S(=O)(=O)c1ccc(O)c(C(C)=O)c1. The standard InChI is InChI=1S/C21H25NO4S/c1-5-15-6-8-19-16(10-15)12-21(3,4)13-22(19)27(25,26)17-7-9-20(24)18(11-17)14(2)23/h6-11,24H,5,12-13H2,1-4H3. The third kappa shape index (κ3) is 3.58. The molecule has 6 heteroatoms. The smallest absolute Gasteiger partial charge is 0.264 e. The lowest BCUT2D eigenvalue weighted by molar-refractivity contribution is 0.101. The minimum absolute atomic E-state index is 0.00807. The van der Waals surface area contributed by atoms with Crippen molar-refractivity contribution in [1.82, 2.24) is 0 Å². The first-order valence-corrected chi connectivity index (χ1v) is 10.5. The number of anilines is 1. The van der Waals surface area contributed by atoms with Crippen molar-refractivity contribution in [2.24, 2.45) is 5.41 Å². The van der Waals surface area contributed by atoms with Gasteiger partial charge in [-0.1, -0.05) is 32.9 Å². The van der Waals surface area contributed by atoms with Crippen molar-refractivity contribution in [1.29, 1.82) is 0 Å². The highest BCUT2D eigenvalue weighted by Crippen LogP contribution is 2.40. The molecular weight excluding hydrogens is 362 g/mol. The fourth-order valence-electron chi connectivity index (χ4n) is 3.59. The van der Waals surface area contributed by atoms with E-state index in [1.807, 2.05) is 12.1 Å². The Bertz CT molecular complexity index is 1010. The summed E-state index contributed by atoms with van der Waals surface area (Å²) in [6.45, 7) is 7.83. The summed E-state index contributed by atoms with van der Waals surface area (Å²) in [6, 6.07) is 9.77. The molecule has 0 aliphatic carbocycles. The van der Waals surface area contributed by atoms with Crippen LogP contribution in [0.1, 0.15) is 49.2 Å². The Morgan fingerprint density at radius 1 is 1.19 bits per heavy atom. The van der Waals surface area contributed by atoms with Gasteiger partial charge in [-0.3, -0.25) is 9.10 Å². The number of aromatic hydroxyl groups is 1. The Balaban J connectivity index is 2.15. The van der Waals surface area contributed by atoms with Crippen molar-refractivity contribution in [3.05, 3.63) is 53.1 Å². The molecule has 0 amide bonds. The van der Waals surface area contributed by atoms with Gasteiger partial charge in [-0.25, -0.2) is 8.42 Å². The van der Waals surface area contributed by atoms with Gasteiger partial charge in [0.15, 0.2) is 5.78 Å². The Hall–Kier alpha value is -2.34. The lowest BCUT2D eigenvalue weighted by Crippen LogP contribution is -2.44. The number of phenols is 1. The first kappa shape index (κ1) is 19.4. The first-order chi connectivity index (χ1) is 12.5. The predicted molar refractivity (Wildman–Crippen MR) is 106 cm³/mol. The Morgan fingerprint density at radius 2 is 1.89 bits per heavy atom.